The van der Waals surface area contributed by atoms with Gasteiger partial charge >= 0.3 is 0 Å². The maximum Gasteiger partial charge on any atom is 0.242 e. The van der Waals surface area contributed by atoms with Gasteiger partial charge in [-0.15, -0.1) is 0 Å². The number of tetrazole rings is 1. The third-order valence-corrected chi connectivity index (χ3v) is 1.84. The number of benzene rings is 1. The summed E-state index contributed by atoms with van der Waals surface area (Å²) in [5.41, 5.74) is 0.785. The van der Waals surface area contributed by atoms with E-state index in [1.807, 2.05) is 0 Å². The Bertz CT molecular complexity index is 458. The van der Waals surface area contributed by atoms with Crippen molar-refractivity contribution in [3.05, 3.63) is 29.0 Å². The highest BCUT2D eigenvalue weighted by molar-refractivity contribution is 7.71. The SMILES string of the molecule is Oc1ccc(-n2[nH]nnc2=S)cc1. The van der Waals surface area contributed by atoms with Crippen molar-refractivity contribution in [2.75, 3.05) is 0 Å². The lowest BCUT2D eigenvalue weighted by Gasteiger charge is -1.99. The number of nitrogens with one attached hydrogen (secondary N) is 1. The van der Waals surface area contributed by atoms with Crippen molar-refractivity contribution in [1.29, 1.82) is 0 Å². The predicted molar refractivity (Wildman–Crippen MR) is 48.2 cm³/mol. The Morgan fingerprint density at radius 2 is 2.00 bits per heavy atom. The zero-order valence-corrected chi connectivity index (χ0v) is 7.32. The monoisotopic (exact) mass is 194 g/mol. The molecule has 0 atom stereocenters. The van der Waals surface area contributed by atoms with Gasteiger partial charge < -0.3 is 5.11 Å². The van der Waals surface area contributed by atoms with E-state index in [4.69, 9.17) is 17.3 Å². The summed E-state index contributed by atoms with van der Waals surface area (Å²) in [5.74, 6) is 0.211. The van der Waals surface area contributed by atoms with Gasteiger partial charge in [-0.2, -0.15) is 5.21 Å². The van der Waals surface area contributed by atoms with E-state index in [1.165, 1.54) is 4.68 Å². The second-order valence-electron chi connectivity index (χ2n) is 2.43. The molecule has 66 valence electrons. The summed E-state index contributed by atoms with van der Waals surface area (Å²) in [5, 5.41) is 18.8. The van der Waals surface area contributed by atoms with Crippen LogP contribution in [0.15, 0.2) is 24.3 Å². The highest BCUT2D eigenvalue weighted by Gasteiger charge is 1.98. The number of rotatable bonds is 1. The lowest BCUT2D eigenvalue weighted by atomic mass is 10.3. The van der Waals surface area contributed by atoms with E-state index in [9.17, 15) is 0 Å². The molecule has 0 spiro atoms. The van der Waals surface area contributed by atoms with Crippen LogP contribution in [0.2, 0.25) is 0 Å². The van der Waals surface area contributed by atoms with Crippen LogP contribution in [0, 0.1) is 4.77 Å². The number of phenols is 1. The molecule has 2 aromatic rings. The molecule has 1 aromatic heterocycles. The Morgan fingerprint density at radius 1 is 1.31 bits per heavy atom. The molecule has 0 aliphatic rings. The minimum absolute atomic E-state index is 0.211. The van der Waals surface area contributed by atoms with Crippen LogP contribution in [-0.4, -0.2) is 25.3 Å². The van der Waals surface area contributed by atoms with Crippen molar-refractivity contribution < 1.29 is 5.11 Å². The Labute approximate surface area is 78.6 Å². The number of aromatic nitrogens is 4. The van der Waals surface area contributed by atoms with Crippen molar-refractivity contribution in [2.24, 2.45) is 0 Å². The summed E-state index contributed by atoms with van der Waals surface area (Å²) in [6.45, 7) is 0. The first-order valence-corrected chi connectivity index (χ1v) is 3.98. The van der Waals surface area contributed by atoms with Crippen molar-refractivity contribution in [2.45, 2.75) is 0 Å². The van der Waals surface area contributed by atoms with Gasteiger partial charge in [0.15, 0.2) is 0 Å². The Balaban J connectivity index is 2.54. The van der Waals surface area contributed by atoms with Crippen LogP contribution >= 0.6 is 12.2 Å². The van der Waals surface area contributed by atoms with Gasteiger partial charge in [0.05, 0.1) is 5.69 Å². The standard InChI is InChI=1S/C7H6N4OS/c12-6-3-1-5(2-4-6)11-7(13)8-9-10-11/h1-4,12H,(H,8,10,13). The maximum atomic E-state index is 9.05. The molecule has 2 rings (SSSR count). The predicted octanol–water partition coefficient (Wildman–Crippen LogP) is 1.03. The molecule has 1 aromatic carbocycles. The van der Waals surface area contributed by atoms with E-state index in [2.05, 4.69) is 15.5 Å². The van der Waals surface area contributed by atoms with E-state index in [1.54, 1.807) is 24.3 Å². The van der Waals surface area contributed by atoms with Crippen molar-refractivity contribution in [3.63, 3.8) is 0 Å². The average molecular weight is 194 g/mol. The molecule has 0 unspecified atom stereocenters. The zero-order valence-electron chi connectivity index (χ0n) is 6.51. The van der Waals surface area contributed by atoms with E-state index in [-0.39, 0.29) is 5.75 Å². The number of hydrogen-bond donors (Lipinski definition) is 2. The third kappa shape index (κ3) is 1.43. The Morgan fingerprint density at radius 3 is 2.54 bits per heavy atom. The minimum Gasteiger partial charge on any atom is -0.508 e. The van der Waals surface area contributed by atoms with E-state index >= 15 is 0 Å². The highest BCUT2D eigenvalue weighted by Crippen LogP contribution is 2.12. The minimum atomic E-state index is 0.211. The summed E-state index contributed by atoms with van der Waals surface area (Å²) in [6, 6.07) is 6.56. The topological polar surface area (TPSA) is 66.7 Å². The molecule has 13 heavy (non-hydrogen) atoms. The number of aromatic amines is 1. The number of phenolic OH excluding ortho intramolecular Hbond substituents is 1. The molecular formula is C7H6N4OS. The maximum absolute atomic E-state index is 9.05. The molecule has 1 heterocycles. The smallest absolute Gasteiger partial charge is 0.242 e. The molecule has 0 aliphatic heterocycles. The van der Waals surface area contributed by atoms with Crippen LogP contribution in [0.1, 0.15) is 0 Å². The quantitative estimate of drug-likeness (QED) is 0.665. The van der Waals surface area contributed by atoms with Gasteiger partial charge in [-0.05, 0) is 36.5 Å². The molecule has 0 radical (unpaired) electrons. The van der Waals surface area contributed by atoms with Gasteiger partial charge in [0, 0.05) is 0 Å². The molecule has 0 bridgehead atoms. The average Bonchev–Trinajstić information content (AvgIpc) is 2.53. The van der Waals surface area contributed by atoms with Gasteiger partial charge in [0.25, 0.3) is 0 Å². The highest BCUT2D eigenvalue weighted by atomic mass is 32.1. The summed E-state index contributed by atoms with van der Waals surface area (Å²) in [6.07, 6.45) is 0. The van der Waals surface area contributed by atoms with E-state index < -0.39 is 0 Å². The molecule has 2 N–H and O–H groups in total. The number of nitrogens with zero attached hydrogens (tertiary/aromatic N) is 3. The van der Waals surface area contributed by atoms with Gasteiger partial charge in [-0.3, -0.25) is 0 Å². The van der Waals surface area contributed by atoms with Gasteiger partial charge in [0.2, 0.25) is 4.77 Å². The van der Waals surface area contributed by atoms with Crippen LogP contribution in [0.4, 0.5) is 0 Å². The number of aromatic hydroxyl groups is 1. The van der Waals surface area contributed by atoms with Crippen LogP contribution in [0.5, 0.6) is 5.75 Å². The Hall–Kier alpha value is -1.69. The molecule has 0 saturated heterocycles. The molecule has 0 fully saturated rings. The zero-order chi connectivity index (χ0) is 9.26. The fourth-order valence-electron chi connectivity index (χ4n) is 0.967. The van der Waals surface area contributed by atoms with Crippen molar-refractivity contribution >= 4 is 12.2 Å². The normalized spacial score (nSPS) is 10.2. The van der Waals surface area contributed by atoms with Gasteiger partial charge in [-0.1, -0.05) is 10.3 Å². The summed E-state index contributed by atoms with van der Waals surface area (Å²) < 4.78 is 1.89. The second kappa shape index (κ2) is 2.98. The Kier molecular flexibility index (Phi) is 1.82. The first-order chi connectivity index (χ1) is 6.27. The van der Waals surface area contributed by atoms with Crippen molar-refractivity contribution in [1.82, 2.24) is 20.2 Å². The molecular weight excluding hydrogens is 188 g/mol. The van der Waals surface area contributed by atoms with Crippen LogP contribution in [0.25, 0.3) is 5.69 Å². The largest absolute Gasteiger partial charge is 0.508 e. The summed E-state index contributed by atoms with van der Waals surface area (Å²) in [4.78, 5) is 0. The number of H-pyrrole nitrogens is 1. The molecule has 5 nitrogen and oxygen atoms in total. The fraction of sp³-hybridized carbons (Fsp3) is 0. The molecule has 0 amide bonds. The number of hydrogen-bond acceptors (Lipinski definition) is 4. The first kappa shape index (κ1) is 7.93. The molecule has 0 aliphatic carbocycles. The molecule has 0 saturated carbocycles. The van der Waals surface area contributed by atoms with Crippen molar-refractivity contribution in [3.8, 4) is 11.4 Å². The fourth-order valence-corrected chi connectivity index (χ4v) is 1.15. The van der Waals surface area contributed by atoms with Crippen LogP contribution < -0.4 is 0 Å². The third-order valence-electron chi connectivity index (χ3n) is 1.58. The lowest BCUT2D eigenvalue weighted by molar-refractivity contribution is 0.475. The van der Waals surface area contributed by atoms with E-state index in [0.717, 1.165) is 5.69 Å². The first-order valence-electron chi connectivity index (χ1n) is 3.57. The lowest BCUT2D eigenvalue weighted by Crippen LogP contribution is -1.95. The second-order valence-corrected chi connectivity index (χ2v) is 2.80. The van der Waals surface area contributed by atoms with Gasteiger partial charge in [0.1, 0.15) is 5.75 Å². The van der Waals surface area contributed by atoms with E-state index in [0.29, 0.717) is 4.77 Å². The van der Waals surface area contributed by atoms with Crippen LogP contribution in [0.3, 0.4) is 0 Å². The summed E-state index contributed by atoms with van der Waals surface area (Å²) >= 11 is 4.90. The molecule has 6 heteroatoms. The van der Waals surface area contributed by atoms with Crippen LogP contribution in [-0.2, 0) is 0 Å². The van der Waals surface area contributed by atoms with Gasteiger partial charge in [-0.25, -0.2) is 4.68 Å². The summed E-state index contributed by atoms with van der Waals surface area (Å²) in [7, 11) is 0.